The third-order valence-corrected chi connectivity index (χ3v) is 3.91. The van der Waals surface area contributed by atoms with Crippen LogP contribution < -0.4 is 11.1 Å². The molecule has 1 aliphatic carbocycles. The average molecular weight is 226 g/mol. The maximum atomic E-state index is 12.2. The quantitative estimate of drug-likeness (QED) is 0.752. The van der Waals surface area contributed by atoms with E-state index < -0.39 is 0 Å². The number of hydrogen-bond donors (Lipinski definition) is 2. The van der Waals surface area contributed by atoms with Gasteiger partial charge in [-0.15, -0.1) is 0 Å². The van der Waals surface area contributed by atoms with Crippen molar-refractivity contribution in [3.63, 3.8) is 0 Å². The van der Waals surface area contributed by atoms with Gasteiger partial charge >= 0.3 is 0 Å². The summed E-state index contributed by atoms with van der Waals surface area (Å²) in [6, 6.07) is 0.284. The molecule has 1 atom stereocenters. The van der Waals surface area contributed by atoms with E-state index in [2.05, 4.69) is 33.0 Å². The molecule has 0 bridgehead atoms. The molecule has 16 heavy (non-hydrogen) atoms. The van der Waals surface area contributed by atoms with Gasteiger partial charge in [-0.05, 0) is 31.1 Å². The van der Waals surface area contributed by atoms with Crippen molar-refractivity contribution in [3.8, 4) is 0 Å². The molecule has 3 nitrogen and oxygen atoms in total. The summed E-state index contributed by atoms with van der Waals surface area (Å²) in [5.74, 6) is 1.31. The van der Waals surface area contributed by atoms with Gasteiger partial charge in [0.25, 0.3) is 0 Å². The first kappa shape index (κ1) is 13.5. The molecule has 1 fully saturated rings. The Bertz CT molecular complexity index is 244. The van der Waals surface area contributed by atoms with Crippen LogP contribution in [-0.4, -0.2) is 18.5 Å². The van der Waals surface area contributed by atoms with Gasteiger partial charge in [-0.25, -0.2) is 0 Å². The van der Waals surface area contributed by atoms with Crippen LogP contribution in [0.2, 0.25) is 0 Å². The first-order valence-electron chi connectivity index (χ1n) is 6.46. The Labute approximate surface area is 99.2 Å². The Morgan fingerprint density at radius 1 is 1.50 bits per heavy atom. The van der Waals surface area contributed by atoms with E-state index in [-0.39, 0.29) is 17.4 Å². The molecule has 1 aliphatic rings. The molecule has 1 saturated carbocycles. The molecule has 0 radical (unpaired) electrons. The van der Waals surface area contributed by atoms with E-state index in [0.29, 0.717) is 18.4 Å². The fourth-order valence-corrected chi connectivity index (χ4v) is 2.78. The highest BCUT2D eigenvalue weighted by molar-refractivity contribution is 5.84. The summed E-state index contributed by atoms with van der Waals surface area (Å²) in [7, 11) is 0. The normalized spacial score (nSPS) is 31.0. The fourth-order valence-electron chi connectivity index (χ4n) is 2.78. The van der Waals surface area contributed by atoms with Gasteiger partial charge in [0.15, 0.2) is 0 Å². The first-order valence-corrected chi connectivity index (χ1v) is 6.46. The fraction of sp³-hybridized carbons (Fsp3) is 0.923. The van der Waals surface area contributed by atoms with Crippen molar-refractivity contribution in [3.05, 3.63) is 0 Å². The van der Waals surface area contributed by atoms with E-state index >= 15 is 0 Å². The molecule has 3 N–H and O–H groups in total. The van der Waals surface area contributed by atoms with E-state index in [1.165, 1.54) is 0 Å². The van der Waals surface area contributed by atoms with Crippen LogP contribution in [0.3, 0.4) is 0 Å². The van der Waals surface area contributed by atoms with E-state index in [0.717, 1.165) is 19.3 Å². The second-order valence-electron chi connectivity index (χ2n) is 5.73. The summed E-state index contributed by atoms with van der Waals surface area (Å²) in [6.45, 7) is 9.07. The molecule has 3 heteroatoms. The molecular weight excluding hydrogens is 200 g/mol. The zero-order chi connectivity index (χ0) is 12.3. The van der Waals surface area contributed by atoms with Crippen molar-refractivity contribution in [2.75, 3.05) is 6.54 Å². The Morgan fingerprint density at radius 3 is 2.38 bits per heavy atom. The first-order chi connectivity index (χ1) is 7.45. The van der Waals surface area contributed by atoms with Gasteiger partial charge in [0.05, 0.1) is 5.41 Å². The van der Waals surface area contributed by atoms with Crippen molar-refractivity contribution in [2.24, 2.45) is 23.0 Å². The van der Waals surface area contributed by atoms with Crippen molar-refractivity contribution in [2.45, 2.75) is 53.0 Å². The third-order valence-electron chi connectivity index (χ3n) is 3.91. The number of carbonyl (C=O) groups excluding carboxylic acids is 1. The van der Waals surface area contributed by atoms with Crippen LogP contribution >= 0.6 is 0 Å². The molecule has 0 aromatic heterocycles. The smallest absolute Gasteiger partial charge is 0.227 e. The van der Waals surface area contributed by atoms with Crippen LogP contribution in [0.25, 0.3) is 0 Å². The Kier molecular flexibility index (Phi) is 4.36. The predicted octanol–water partition coefficient (Wildman–Crippen LogP) is 1.91. The third kappa shape index (κ3) is 2.57. The van der Waals surface area contributed by atoms with Gasteiger partial charge < -0.3 is 11.1 Å². The summed E-state index contributed by atoms with van der Waals surface area (Å²) < 4.78 is 0. The SMILES string of the molecule is CCC(NC(=O)C1(CN)CC(C)C1)C(C)C. The van der Waals surface area contributed by atoms with Gasteiger partial charge in [0.1, 0.15) is 0 Å². The molecule has 94 valence electrons. The lowest BCUT2D eigenvalue weighted by atomic mass is 9.62. The number of carbonyl (C=O) groups is 1. The Morgan fingerprint density at radius 2 is 2.06 bits per heavy atom. The lowest BCUT2D eigenvalue weighted by Gasteiger charge is -2.45. The number of nitrogens with two attached hydrogens (primary N) is 1. The van der Waals surface area contributed by atoms with Gasteiger partial charge in [-0.1, -0.05) is 27.7 Å². The van der Waals surface area contributed by atoms with E-state index in [1.807, 2.05) is 0 Å². The summed E-state index contributed by atoms with van der Waals surface area (Å²) >= 11 is 0. The highest BCUT2D eigenvalue weighted by atomic mass is 16.2. The van der Waals surface area contributed by atoms with Crippen LogP contribution in [0.15, 0.2) is 0 Å². The predicted molar refractivity (Wildman–Crippen MR) is 66.9 cm³/mol. The van der Waals surface area contributed by atoms with Crippen molar-refractivity contribution in [1.29, 1.82) is 0 Å². The van der Waals surface area contributed by atoms with Crippen LogP contribution in [0, 0.1) is 17.3 Å². The van der Waals surface area contributed by atoms with Crippen molar-refractivity contribution >= 4 is 5.91 Å². The number of nitrogens with one attached hydrogen (secondary N) is 1. The van der Waals surface area contributed by atoms with E-state index in [9.17, 15) is 4.79 Å². The molecular formula is C13H26N2O. The number of hydrogen-bond acceptors (Lipinski definition) is 2. The van der Waals surface area contributed by atoms with Gasteiger partial charge in [-0.3, -0.25) is 4.79 Å². The minimum atomic E-state index is -0.262. The van der Waals surface area contributed by atoms with Crippen LogP contribution in [0.1, 0.15) is 47.0 Å². The van der Waals surface area contributed by atoms with Crippen LogP contribution in [0.4, 0.5) is 0 Å². The maximum absolute atomic E-state index is 12.2. The van der Waals surface area contributed by atoms with Gasteiger partial charge in [0, 0.05) is 12.6 Å². The summed E-state index contributed by atoms with van der Waals surface area (Å²) in [5, 5.41) is 3.16. The largest absolute Gasteiger partial charge is 0.353 e. The van der Waals surface area contributed by atoms with Gasteiger partial charge in [-0.2, -0.15) is 0 Å². The van der Waals surface area contributed by atoms with Crippen molar-refractivity contribution in [1.82, 2.24) is 5.32 Å². The Balaban J connectivity index is 2.57. The standard InChI is InChI=1S/C13H26N2O/c1-5-11(9(2)3)15-12(16)13(8-14)6-10(4)7-13/h9-11H,5-8,14H2,1-4H3,(H,15,16). The van der Waals surface area contributed by atoms with E-state index in [1.54, 1.807) is 0 Å². The summed E-state index contributed by atoms with van der Waals surface area (Å²) in [5.41, 5.74) is 5.50. The molecule has 0 saturated heterocycles. The highest BCUT2D eigenvalue weighted by Crippen LogP contribution is 2.44. The minimum Gasteiger partial charge on any atom is -0.353 e. The molecule has 1 unspecified atom stereocenters. The summed E-state index contributed by atoms with van der Waals surface area (Å²) in [6.07, 6.45) is 2.88. The van der Waals surface area contributed by atoms with Crippen LogP contribution in [0.5, 0.6) is 0 Å². The second-order valence-corrected chi connectivity index (χ2v) is 5.73. The Hall–Kier alpha value is -0.570. The zero-order valence-corrected chi connectivity index (χ0v) is 11.0. The maximum Gasteiger partial charge on any atom is 0.227 e. The molecule has 1 rings (SSSR count). The minimum absolute atomic E-state index is 0.175. The lowest BCUT2D eigenvalue weighted by Crippen LogP contribution is -2.56. The molecule has 0 spiro atoms. The average Bonchev–Trinajstić information content (AvgIpc) is 2.20. The molecule has 0 aromatic rings. The second kappa shape index (κ2) is 5.17. The van der Waals surface area contributed by atoms with Crippen molar-refractivity contribution < 1.29 is 4.79 Å². The molecule has 0 aromatic carbocycles. The zero-order valence-electron chi connectivity index (χ0n) is 11.0. The van der Waals surface area contributed by atoms with Crippen LogP contribution in [-0.2, 0) is 4.79 Å². The van der Waals surface area contributed by atoms with Gasteiger partial charge in [0.2, 0.25) is 5.91 Å². The number of amides is 1. The molecule has 1 amide bonds. The highest BCUT2D eigenvalue weighted by Gasteiger charge is 2.47. The lowest BCUT2D eigenvalue weighted by molar-refractivity contribution is -0.139. The molecule has 0 heterocycles. The molecule has 0 aliphatic heterocycles. The summed E-state index contributed by atoms with van der Waals surface area (Å²) in [4.78, 5) is 12.2. The topological polar surface area (TPSA) is 55.1 Å². The van der Waals surface area contributed by atoms with E-state index in [4.69, 9.17) is 5.73 Å². The number of rotatable bonds is 5. The monoisotopic (exact) mass is 226 g/mol.